The van der Waals surface area contributed by atoms with E-state index in [2.05, 4.69) is 17.4 Å². The Hall–Kier alpha value is -2.40. The monoisotopic (exact) mass is 367 g/mol. The molecule has 27 heavy (non-hydrogen) atoms. The van der Waals surface area contributed by atoms with Crippen LogP contribution in [0, 0.1) is 5.82 Å². The minimum absolute atomic E-state index is 0.0486. The molecule has 0 unspecified atom stereocenters. The maximum absolute atomic E-state index is 13.5. The van der Waals surface area contributed by atoms with Crippen LogP contribution >= 0.6 is 0 Å². The molecule has 5 heteroatoms. The van der Waals surface area contributed by atoms with Crippen LogP contribution in [0.15, 0.2) is 48.5 Å². The second kappa shape index (κ2) is 7.69. The number of amides is 2. The molecule has 0 radical (unpaired) electrons. The van der Waals surface area contributed by atoms with Crippen molar-refractivity contribution in [1.82, 2.24) is 15.1 Å². The highest BCUT2D eigenvalue weighted by molar-refractivity contribution is 5.76. The summed E-state index contributed by atoms with van der Waals surface area (Å²) in [5.74, 6) is -0.258. The molecule has 0 aromatic heterocycles. The summed E-state index contributed by atoms with van der Waals surface area (Å²) in [6.07, 6.45) is 2.96. The van der Waals surface area contributed by atoms with Crippen molar-refractivity contribution in [2.75, 3.05) is 26.7 Å². The molecule has 142 valence electrons. The van der Waals surface area contributed by atoms with Gasteiger partial charge in [-0.25, -0.2) is 9.18 Å². The Morgan fingerprint density at radius 1 is 1.19 bits per heavy atom. The largest absolute Gasteiger partial charge is 0.323 e. The predicted molar refractivity (Wildman–Crippen MR) is 104 cm³/mol. The Morgan fingerprint density at radius 2 is 1.96 bits per heavy atom. The van der Waals surface area contributed by atoms with E-state index in [0.717, 1.165) is 43.5 Å². The lowest BCUT2D eigenvalue weighted by molar-refractivity contribution is 0.124. The third-order valence-corrected chi connectivity index (χ3v) is 5.84. The first-order valence-corrected chi connectivity index (χ1v) is 9.72. The number of benzene rings is 2. The molecular formula is C22H26FN3O. The second-order valence-electron chi connectivity index (χ2n) is 7.49. The highest BCUT2D eigenvalue weighted by atomic mass is 19.1. The summed E-state index contributed by atoms with van der Waals surface area (Å²) in [5, 5.41) is 3.38. The fourth-order valence-electron chi connectivity index (χ4n) is 4.30. The van der Waals surface area contributed by atoms with Gasteiger partial charge in [0, 0.05) is 26.2 Å². The van der Waals surface area contributed by atoms with E-state index in [1.54, 1.807) is 12.1 Å². The number of halogens is 1. The van der Waals surface area contributed by atoms with Gasteiger partial charge in [-0.1, -0.05) is 36.4 Å². The van der Waals surface area contributed by atoms with Crippen LogP contribution < -0.4 is 5.32 Å². The first-order chi connectivity index (χ1) is 13.1. The quantitative estimate of drug-likeness (QED) is 0.881. The summed E-state index contributed by atoms with van der Waals surface area (Å²) in [7, 11) is 1.90. The normalized spacial score (nSPS) is 22.2. The molecule has 2 aliphatic rings. The van der Waals surface area contributed by atoms with Gasteiger partial charge in [-0.2, -0.15) is 0 Å². The predicted octanol–water partition coefficient (Wildman–Crippen LogP) is 3.58. The molecule has 1 fully saturated rings. The topological polar surface area (TPSA) is 35.6 Å². The van der Waals surface area contributed by atoms with Crippen LogP contribution in [0.25, 0.3) is 0 Å². The van der Waals surface area contributed by atoms with Crippen LogP contribution in [-0.4, -0.2) is 48.6 Å². The van der Waals surface area contributed by atoms with Crippen LogP contribution in [0.4, 0.5) is 9.18 Å². The Kier molecular flexibility index (Phi) is 5.12. The third kappa shape index (κ3) is 3.56. The van der Waals surface area contributed by atoms with E-state index < -0.39 is 0 Å². The standard InChI is InChI=1S/C22H26FN3O/c1-25(19-6-4-13-24-15-19)22(27)26-14-12-16-5-2-3-7-20(16)21(26)17-8-10-18(23)11-9-17/h2-3,5,7-11,19,21,24H,4,6,12-15H2,1H3/t19-,21+/m1/s1. The number of carbonyl (C=O) groups excluding carboxylic acids is 1. The van der Waals surface area contributed by atoms with E-state index >= 15 is 0 Å². The SMILES string of the molecule is CN(C(=O)N1CCc2ccccc2[C@@H]1c1ccc(F)cc1)[C@@H]1CCCNC1. The number of urea groups is 1. The summed E-state index contributed by atoms with van der Waals surface area (Å²) in [4.78, 5) is 17.2. The lowest BCUT2D eigenvalue weighted by atomic mass is 9.88. The summed E-state index contributed by atoms with van der Waals surface area (Å²) < 4.78 is 13.5. The Labute approximate surface area is 160 Å². The molecule has 0 saturated carbocycles. The summed E-state index contributed by atoms with van der Waals surface area (Å²) in [6.45, 7) is 2.53. The van der Waals surface area contributed by atoms with Gasteiger partial charge in [0.15, 0.2) is 0 Å². The van der Waals surface area contributed by atoms with E-state index in [-0.39, 0.29) is 23.9 Å². The van der Waals surface area contributed by atoms with Crippen molar-refractivity contribution in [3.63, 3.8) is 0 Å². The van der Waals surface area contributed by atoms with E-state index in [1.165, 1.54) is 17.7 Å². The number of hydrogen-bond acceptors (Lipinski definition) is 2. The molecule has 0 bridgehead atoms. The smallest absolute Gasteiger partial charge is 0.320 e. The summed E-state index contributed by atoms with van der Waals surface area (Å²) in [5.41, 5.74) is 3.35. The zero-order valence-corrected chi connectivity index (χ0v) is 15.7. The van der Waals surface area contributed by atoms with Gasteiger partial charge >= 0.3 is 6.03 Å². The number of nitrogens with zero attached hydrogens (tertiary/aromatic N) is 2. The lowest BCUT2D eigenvalue weighted by Gasteiger charge is -2.42. The number of fused-ring (bicyclic) bond motifs is 1. The van der Waals surface area contributed by atoms with E-state index in [4.69, 9.17) is 0 Å². The number of piperidine rings is 1. The molecular weight excluding hydrogens is 341 g/mol. The lowest BCUT2D eigenvalue weighted by Crippen LogP contribution is -2.53. The molecule has 2 atom stereocenters. The Balaban J connectivity index is 1.67. The number of carbonyl (C=O) groups is 1. The molecule has 2 aliphatic heterocycles. The Bertz CT molecular complexity index is 801. The van der Waals surface area contributed by atoms with Crippen molar-refractivity contribution < 1.29 is 9.18 Å². The van der Waals surface area contributed by atoms with Crippen LogP contribution in [0.5, 0.6) is 0 Å². The minimum atomic E-state index is -0.258. The summed E-state index contributed by atoms with van der Waals surface area (Å²) >= 11 is 0. The number of likely N-dealkylation sites (N-methyl/N-ethyl adjacent to an activating group) is 1. The van der Waals surface area contributed by atoms with E-state index in [1.807, 2.05) is 29.0 Å². The van der Waals surface area contributed by atoms with Crippen molar-refractivity contribution in [3.8, 4) is 0 Å². The fraction of sp³-hybridized carbons (Fsp3) is 0.409. The average Bonchev–Trinajstić information content (AvgIpc) is 2.73. The van der Waals surface area contributed by atoms with Crippen molar-refractivity contribution in [2.24, 2.45) is 0 Å². The van der Waals surface area contributed by atoms with Gasteiger partial charge in [0.25, 0.3) is 0 Å². The Morgan fingerprint density at radius 3 is 2.70 bits per heavy atom. The molecule has 2 aromatic carbocycles. The summed E-state index contributed by atoms with van der Waals surface area (Å²) in [6, 6.07) is 14.9. The van der Waals surface area contributed by atoms with Crippen molar-refractivity contribution in [3.05, 3.63) is 71.0 Å². The van der Waals surface area contributed by atoms with Crippen molar-refractivity contribution in [2.45, 2.75) is 31.3 Å². The molecule has 0 aliphatic carbocycles. The van der Waals surface area contributed by atoms with Crippen LogP contribution in [0.2, 0.25) is 0 Å². The average molecular weight is 367 g/mol. The fourth-order valence-corrected chi connectivity index (χ4v) is 4.30. The molecule has 1 saturated heterocycles. The molecule has 4 rings (SSSR count). The molecule has 2 amide bonds. The number of rotatable bonds is 2. The van der Waals surface area contributed by atoms with E-state index in [0.29, 0.717) is 6.54 Å². The van der Waals surface area contributed by atoms with E-state index in [9.17, 15) is 9.18 Å². The maximum atomic E-state index is 13.5. The zero-order chi connectivity index (χ0) is 18.8. The van der Waals surface area contributed by atoms with Gasteiger partial charge in [0.2, 0.25) is 0 Å². The first kappa shape index (κ1) is 18.0. The zero-order valence-electron chi connectivity index (χ0n) is 15.7. The maximum Gasteiger partial charge on any atom is 0.320 e. The number of nitrogens with one attached hydrogen (secondary N) is 1. The van der Waals surface area contributed by atoms with Gasteiger partial charge in [0.05, 0.1) is 6.04 Å². The van der Waals surface area contributed by atoms with Crippen LogP contribution in [0.3, 0.4) is 0 Å². The van der Waals surface area contributed by atoms with Gasteiger partial charge < -0.3 is 15.1 Å². The molecule has 4 nitrogen and oxygen atoms in total. The molecule has 0 spiro atoms. The molecule has 2 heterocycles. The first-order valence-electron chi connectivity index (χ1n) is 9.72. The van der Waals surface area contributed by atoms with Gasteiger partial charge in [-0.15, -0.1) is 0 Å². The molecule has 2 aromatic rings. The highest BCUT2D eigenvalue weighted by Crippen LogP contribution is 2.36. The van der Waals surface area contributed by atoms with Crippen molar-refractivity contribution >= 4 is 6.03 Å². The highest BCUT2D eigenvalue weighted by Gasteiger charge is 2.35. The number of hydrogen-bond donors (Lipinski definition) is 1. The van der Waals surface area contributed by atoms with Gasteiger partial charge in [-0.3, -0.25) is 0 Å². The van der Waals surface area contributed by atoms with Gasteiger partial charge in [-0.05, 0) is 54.6 Å². The molecule has 1 N–H and O–H groups in total. The van der Waals surface area contributed by atoms with Crippen LogP contribution in [-0.2, 0) is 6.42 Å². The van der Waals surface area contributed by atoms with Crippen LogP contribution in [0.1, 0.15) is 35.6 Å². The third-order valence-electron chi connectivity index (χ3n) is 5.84. The second-order valence-corrected chi connectivity index (χ2v) is 7.49. The van der Waals surface area contributed by atoms with Gasteiger partial charge in [0.1, 0.15) is 5.82 Å². The van der Waals surface area contributed by atoms with Crippen molar-refractivity contribution in [1.29, 1.82) is 0 Å². The minimum Gasteiger partial charge on any atom is -0.323 e.